The fourth-order valence-corrected chi connectivity index (χ4v) is 1.38. The summed E-state index contributed by atoms with van der Waals surface area (Å²) in [6.45, 7) is 4.78. The van der Waals surface area contributed by atoms with E-state index in [0.717, 1.165) is 5.75 Å². The summed E-state index contributed by atoms with van der Waals surface area (Å²) in [5, 5.41) is 2.72. The average molecular weight is 260 g/mol. The number of nitrogens with two attached hydrogens (primary N) is 1. The Hall–Kier alpha value is -1.99. The molecule has 0 aromatic heterocycles. The number of carbonyl (C=O) groups is 1. The van der Waals surface area contributed by atoms with Gasteiger partial charge >= 0.3 is 0 Å². The Labute approximate surface area is 114 Å². The average Bonchev–Trinajstić information content (AvgIpc) is 2.37. The number of terminal acetylenes is 1. The lowest BCUT2D eigenvalue weighted by atomic mass is 10.2. The largest absolute Gasteiger partial charge is 0.493 e. The smallest absolute Gasteiger partial charge is 0.242 e. The Morgan fingerprint density at radius 2 is 2.26 bits per heavy atom. The second-order valence-corrected chi connectivity index (χ2v) is 4.74. The number of ether oxygens (including phenoxy) is 1. The number of carbonyl (C=O) groups excluding carboxylic acids is 1. The SMILES string of the molecule is C#CCC(N)C(=O)Nc1cccc(OCC(C)C)c1. The molecule has 0 bridgehead atoms. The third kappa shape index (κ3) is 5.45. The molecule has 0 aliphatic rings. The number of hydrogen-bond donors (Lipinski definition) is 2. The number of benzene rings is 1. The fourth-order valence-electron chi connectivity index (χ4n) is 1.38. The third-order valence-electron chi connectivity index (χ3n) is 2.36. The zero-order chi connectivity index (χ0) is 14.3. The number of nitrogens with one attached hydrogen (secondary N) is 1. The van der Waals surface area contributed by atoms with Crippen molar-refractivity contribution in [3.8, 4) is 18.1 Å². The predicted molar refractivity (Wildman–Crippen MR) is 76.8 cm³/mol. The van der Waals surface area contributed by atoms with Crippen molar-refractivity contribution in [2.24, 2.45) is 11.7 Å². The maximum absolute atomic E-state index is 11.7. The van der Waals surface area contributed by atoms with Gasteiger partial charge in [0.1, 0.15) is 5.75 Å². The molecule has 4 nitrogen and oxygen atoms in total. The molecule has 4 heteroatoms. The van der Waals surface area contributed by atoms with Gasteiger partial charge in [0.25, 0.3) is 0 Å². The van der Waals surface area contributed by atoms with Gasteiger partial charge in [-0.25, -0.2) is 0 Å². The van der Waals surface area contributed by atoms with Crippen LogP contribution in [0, 0.1) is 18.3 Å². The first kappa shape index (κ1) is 15.1. The lowest BCUT2D eigenvalue weighted by molar-refractivity contribution is -0.117. The van der Waals surface area contributed by atoms with Gasteiger partial charge in [0.15, 0.2) is 0 Å². The van der Waals surface area contributed by atoms with E-state index in [2.05, 4.69) is 25.1 Å². The van der Waals surface area contributed by atoms with Crippen molar-refractivity contribution in [2.45, 2.75) is 26.3 Å². The molecule has 0 saturated carbocycles. The molecule has 1 atom stereocenters. The van der Waals surface area contributed by atoms with Crippen LogP contribution in [0.25, 0.3) is 0 Å². The molecule has 1 rings (SSSR count). The molecular weight excluding hydrogens is 240 g/mol. The minimum Gasteiger partial charge on any atom is -0.493 e. The van der Waals surface area contributed by atoms with Crippen LogP contribution in [0.4, 0.5) is 5.69 Å². The van der Waals surface area contributed by atoms with Crippen molar-refractivity contribution in [3.63, 3.8) is 0 Å². The molecule has 1 aromatic rings. The van der Waals surface area contributed by atoms with Gasteiger partial charge in [-0.2, -0.15) is 0 Å². The summed E-state index contributed by atoms with van der Waals surface area (Å²) in [6.07, 6.45) is 5.34. The van der Waals surface area contributed by atoms with E-state index in [1.807, 2.05) is 12.1 Å². The van der Waals surface area contributed by atoms with E-state index in [1.54, 1.807) is 12.1 Å². The second kappa shape index (κ2) is 7.45. The van der Waals surface area contributed by atoms with Gasteiger partial charge < -0.3 is 15.8 Å². The quantitative estimate of drug-likeness (QED) is 0.769. The van der Waals surface area contributed by atoms with E-state index in [4.69, 9.17) is 16.9 Å². The highest BCUT2D eigenvalue weighted by Gasteiger charge is 2.12. The molecule has 0 aliphatic carbocycles. The molecule has 1 aromatic carbocycles. The Morgan fingerprint density at radius 3 is 2.89 bits per heavy atom. The minimum absolute atomic E-state index is 0.218. The van der Waals surface area contributed by atoms with Crippen LogP contribution >= 0.6 is 0 Å². The van der Waals surface area contributed by atoms with Gasteiger partial charge in [0.05, 0.1) is 12.6 Å². The Kier molecular flexibility index (Phi) is 5.91. The number of hydrogen-bond acceptors (Lipinski definition) is 3. The molecule has 0 saturated heterocycles. The fraction of sp³-hybridized carbons (Fsp3) is 0.400. The molecular formula is C15H20N2O2. The zero-order valence-corrected chi connectivity index (χ0v) is 11.3. The van der Waals surface area contributed by atoms with Crippen LogP contribution < -0.4 is 15.8 Å². The molecule has 0 spiro atoms. The molecule has 3 N–H and O–H groups in total. The molecule has 102 valence electrons. The summed E-state index contributed by atoms with van der Waals surface area (Å²) in [5.74, 6) is 3.24. The monoisotopic (exact) mass is 260 g/mol. The molecule has 0 radical (unpaired) electrons. The normalized spacial score (nSPS) is 11.7. The van der Waals surface area contributed by atoms with E-state index < -0.39 is 6.04 Å². The van der Waals surface area contributed by atoms with Crippen molar-refractivity contribution in [2.75, 3.05) is 11.9 Å². The van der Waals surface area contributed by atoms with Crippen LogP contribution in [0.5, 0.6) is 5.75 Å². The van der Waals surface area contributed by atoms with Crippen molar-refractivity contribution in [3.05, 3.63) is 24.3 Å². The lowest BCUT2D eigenvalue weighted by Gasteiger charge is -2.12. The first-order valence-electron chi connectivity index (χ1n) is 6.25. The zero-order valence-electron chi connectivity index (χ0n) is 11.3. The van der Waals surface area contributed by atoms with Gasteiger partial charge in [0.2, 0.25) is 5.91 Å². The first-order valence-corrected chi connectivity index (χ1v) is 6.25. The molecule has 19 heavy (non-hydrogen) atoms. The van der Waals surface area contributed by atoms with E-state index in [0.29, 0.717) is 18.2 Å². The standard InChI is InChI=1S/C15H20N2O2/c1-4-6-14(16)15(18)17-12-7-5-8-13(9-12)19-10-11(2)3/h1,5,7-9,11,14H,6,10,16H2,2-3H3,(H,17,18). The summed E-state index contributed by atoms with van der Waals surface area (Å²) < 4.78 is 5.58. The number of rotatable bonds is 6. The molecule has 0 aliphatic heterocycles. The van der Waals surface area contributed by atoms with Crippen LogP contribution in [0.2, 0.25) is 0 Å². The molecule has 1 unspecified atom stereocenters. The van der Waals surface area contributed by atoms with Gasteiger partial charge in [0, 0.05) is 18.2 Å². The van der Waals surface area contributed by atoms with Crippen LogP contribution in [-0.4, -0.2) is 18.6 Å². The minimum atomic E-state index is -0.690. The highest BCUT2D eigenvalue weighted by atomic mass is 16.5. The van der Waals surface area contributed by atoms with Crippen LogP contribution in [0.3, 0.4) is 0 Å². The van der Waals surface area contributed by atoms with E-state index in [-0.39, 0.29) is 12.3 Å². The summed E-state index contributed by atoms with van der Waals surface area (Å²) in [6, 6.07) is 6.52. The van der Waals surface area contributed by atoms with Gasteiger partial charge in [-0.15, -0.1) is 12.3 Å². The molecule has 0 fully saturated rings. The highest BCUT2D eigenvalue weighted by molar-refractivity contribution is 5.95. The van der Waals surface area contributed by atoms with Gasteiger partial charge in [-0.3, -0.25) is 4.79 Å². The first-order chi connectivity index (χ1) is 9.02. The van der Waals surface area contributed by atoms with E-state index in [1.165, 1.54) is 0 Å². The van der Waals surface area contributed by atoms with Crippen molar-refractivity contribution < 1.29 is 9.53 Å². The predicted octanol–water partition coefficient (Wildman–Crippen LogP) is 2.01. The van der Waals surface area contributed by atoms with Crippen LogP contribution in [-0.2, 0) is 4.79 Å². The summed E-state index contributed by atoms with van der Waals surface area (Å²) in [4.78, 5) is 11.7. The van der Waals surface area contributed by atoms with Gasteiger partial charge in [-0.1, -0.05) is 19.9 Å². The van der Waals surface area contributed by atoms with Gasteiger partial charge in [-0.05, 0) is 18.1 Å². The van der Waals surface area contributed by atoms with Crippen LogP contribution in [0.15, 0.2) is 24.3 Å². The summed E-state index contributed by atoms with van der Waals surface area (Å²) in [7, 11) is 0. The molecule has 0 heterocycles. The maximum atomic E-state index is 11.7. The van der Waals surface area contributed by atoms with Crippen LogP contribution in [0.1, 0.15) is 20.3 Å². The second-order valence-electron chi connectivity index (χ2n) is 4.74. The number of anilines is 1. The topological polar surface area (TPSA) is 64.4 Å². The summed E-state index contributed by atoms with van der Waals surface area (Å²) in [5.41, 5.74) is 6.28. The van der Waals surface area contributed by atoms with E-state index >= 15 is 0 Å². The highest BCUT2D eigenvalue weighted by Crippen LogP contribution is 2.18. The van der Waals surface area contributed by atoms with E-state index in [9.17, 15) is 4.79 Å². The maximum Gasteiger partial charge on any atom is 0.242 e. The third-order valence-corrected chi connectivity index (χ3v) is 2.36. The van der Waals surface area contributed by atoms with Crippen molar-refractivity contribution in [1.29, 1.82) is 0 Å². The Morgan fingerprint density at radius 1 is 1.53 bits per heavy atom. The Bertz CT molecular complexity index is 463. The molecule has 1 amide bonds. The lowest BCUT2D eigenvalue weighted by Crippen LogP contribution is -2.35. The van der Waals surface area contributed by atoms with Crippen molar-refractivity contribution >= 4 is 11.6 Å². The summed E-state index contributed by atoms with van der Waals surface area (Å²) >= 11 is 0. The number of amides is 1. The van der Waals surface area contributed by atoms with Crippen molar-refractivity contribution in [1.82, 2.24) is 0 Å². The Balaban J connectivity index is 2.62.